The molecule has 3 rings (SSSR count). The van der Waals surface area contributed by atoms with E-state index < -0.39 is 0 Å². The maximum atomic E-state index is 12.4. The summed E-state index contributed by atoms with van der Waals surface area (Å²) >= 11 is 7.50. The largest absolute Gasteiger partial charge is 0.340 e. The van der Waals surface area contributed by atoms with E-state index in [-0.39, 0.29) is 18.4 Å². The summed E-state index contributed by atoms with van der Waals surface area (Å²) in [5.41, 5.74) is 1.24. The zero-order chi connectivity index (χ0) is 16.9. The third-order valence-electron chi connectivity index (χ3n) is 4.41. The molecular weight excluding hydrogens is 346 g/mol. The average molecular weight is 368 g/mol. The number of rotatable bonds is 4. The van der Waals surface area contributed by atoms with Crippen molar-refractivity contribution in [3.8, 4) is 0 Å². The van der Waals surface area contributed by atoms with Crippen LogP contribution in [0.2, 0.25) is 5.02 Å². The van der Waals surface area contributed by atoms with Crippen LogP contribution >= 0.6 is 23.4 Å². The quantitative estimate of drug-likeness (QED) is 0.815. The van der Waals surface area contributed by atoms with Crippen molar-refractivity contribution >= 4 is 35.2 Å². The van der Waals surface area contributed by atoms with E-state index in [1.807, 2.05) is 29.2 Å². The van der Waals surface area contributed by atoms with Gasteiger partial charge in [-0.1, -0.05) is 23.7 Å². The molecule has 0 N–H and O–H groups in total. The first-order valence-corrected chi connectivity index (χ1v) is 9.75. The fraction of sp³-hybridized carbons (Fsp3) is 0.529. The maximum Gasteiger partial charge on any atom is 0.242 e. The van der Waals surface area contributed by atoms with Crippen LogP contribution in [0.3, 0.4) is 0 Å². The Kier molecular flexibility index (Phi) is 6.03. The molecule has 1 aromatic carbocycles. The van der Waals surface area contributed by atoms with Gasteiger partial charge in [-0.05, 0) is 24.1 Å². The van der Waals surface area contributed by atoms with Crippen LogP contribution in [0.1, 0.15) is 12.0 Å². The molecule has 2 aliphatic rings. The predicted octanol–water partition coefficient (Wildman–Crippen LogP) is 1.91. The molecule has 1 aromatic rings. The minimum Gasteiger partial charge on any atom is -0.340 e. The van der Waals surface area contributed by atoms with E-state index in [4.69, 9.17) is 11.6 Å². The number of amides is 2. The van der Waals surface area contributed by atoms with Crippen LogP contribution in [0.15, 0.2) is 24.3 Å². The number of benzene rings is 1. The molecule has 2 saturated heterocycles. The first kappa shape index (κ1) is 17.6. The van der Waals surface area contributed by atoms with E-state index in [1.54, 1.807) is 16.7 Å². The molecule has 0 unspecified atom stereocenters. The Morgan fingerprint density at radius 1 is 1.12 bits per heavy atom. The minimum absolute atomic E-state index is 0.0687. The number of carbonyl (C=O) groups excluding carboxylic acids is 2. The summed E-state index contributed by atoms with van der Waals surface area (Å²) in [6.45, 7) is 4.43. The summed E-state index contributed by atoms with van der Waals surface area (Å²) in [4.78, 5) is 30.0. The summed E-state index contributed by atoms with van der Waals surface area (Å²) < 4.78 is 0. The van der Waals surface area contributed by atoms with Crippen LogP contribution in [0.5, 0.6) is 0 Å². The first-order valence-electron chi connectivity index (χ1n) is 8.22. The van der Waals surface area contributed by atoms with E-state index in [0.29, 0.717) is 11.6 Å². The number of hydrogen-bond donors (Lipinski definition) is 0. The molecule has 2 amide bonds. The molecule has 5 nitrogen and oxygen atoms in total. The van der Waals surface area contributed by atoms with Crippen LogP contribution in [0.25, 0.3) is 0 Å². The Morgan fingerprint density at radius 2 is 1.92 bits per heavy atom. The van der Waals surface area contributed by atoms with E-state index in [2.05, 4.69) is 4.90 Å². The summed E-state index contributed by atoms with van der Waals surface area (Å²) in [5.74, 6) is 1.29. The van der Waals surface area contributed by atoms with Crippen molar-refractivity contribution in [1.29, 1.82) is 0 Å². The minimum atomic E-state index is 0.0687. The maximum absolute atomic E-state index is 12.4. The van der Waals surface area contributed by atoms with Gasteiger partial charge in [0.05, 0.1) is 11.6 Å². The number of hydrogen-bond acceptors (Lipinski definition) is 4. The van der Waals surface area contributed by atoms with Crippen molar-refractivity contribution in [3.05, 3.63) is 34.9 Å². The molecule has 0 radical (unpaired) electrons. The average Bonchev–Trinajstić information content (AvgIpc) is 2.83. The van der Waals surface area contributed by atoms with E-state index in [0.717, 1.165) is 44.2 Å². The van der Waals surface area contributed by atoms with Crippen LogP contribution < -0.4 is 0 Å². The normalized spacial score (nSPS) is 19.6. The van der Waals surface area contributed by atoms with Gasteiger partial charge >= 0.3 is 0 Å². The number of carbonyl (C=O) groups is 2. The standard InChI is InChI=1S/C17H22ClN3O2S/c18-15-4-2-14(3-5-15)10-19-6-1-7-20(9-8-19)16(22)11-21-13-24-12-17(21)23/h2-5H,1,6-13H2. The van der Waals surface area contributed by atoms with Crippen molar-refractivity contribution in [1.82, 2.24) is 14.7 Å². The molecule has 0 aromatic heterocycles. The summed E-state index contributed by atoms with van der Waals surface area (Å²) in [6, 6.07) is 7.92. The molecule has 2 heterocycles. The summed E-state index contributed by atoms with van der Waals surface area (Å²) in [5, 5.41) is 0.751. The van der Waals surface area contributed by atoms with Gasteiger partial charge in [-0.2, -0.15) is 0 Å². The lowest BCUT2D eigenvalue weighted by atomic mass is 10.2. The van der Waals surface area contributed by atoms with Crippen molar-refractivity contribution in [2.75, 3.05) is 44.4 Å². The second kappa shape index (κ2) is 8.23. The third-order valence-corrected chi connectivity index (χ3v) is 5.61. The smallest absolute Gasteiger partial charge is 0.242 e. The van der Waals surface area contributed by atoms with Crippen LogP contribution in [0, 0.1) is 0 Å². The van der Waals surface area contributed by atoms with Gasteiger partial charge in [0, 0.05) is 37.7 Å². The van der Waals surface area contributed by atoms with Gasteiger partial charge in [0.15, 0.2) is 0 Å². The molecule has 2 fully saturated rings. The fourth-order valence-corrected chi connectivity index (χ4v) is 4.06. The molecule has 0 spiro atoms. The Balaban J connectivity index is 1.50. The van der Waals surface area contributed by atoms with Gasteiger partial charge in [0.1, 0.15) is 6.54 Å². The zero-order valence-corrected chi connectivity index (χ0v) is 15.2. The van der Waals surface area contributed by atoms with E-state index in [1.165, 1.54) is 5.56 Å². The molecule has 2 aliphatic heterocycles. The molecule has 130 valence electrons. The molecule has 0 saturated carbocycles. The zero-order valence-electron chi connectivity index (χ0n) is 13.6. The number of thioether (sulfide) groups is 1. The highest BCUT2D eigenvalue weighted by Crippen LogP contribution is 2.16. The van der Waals surface area contributed by atoms with Crippen molar-refractivity contribution in [2.45, 2.75) is 13.0 Å². The van der Waals surface area contributed by atoms with Gasteiger partial charge in [-0.25, -0.2) is 0 Å². The molecule has 24 heavy (non-hydrogen) atoms. The van der Waals surface area contributed by atoms with Gasteiger partial charge in [0.2, 0.25) is 11.8 Å². The first-order chi connectivity index (χ1) is 11.6. The summed E-state index contributed by atoms with van der Waals surface area (Å²) in [6.07, 6.45) is 0.960. The summed E-state index contributed by atoms with van der Waals surface area (Å²) in [7, 11) is 0. The van der Waals surface area contributed by atoms with Gasteiger partial charge in [0.25, 0.3) is 0 Å². The lowest BCUT2D eigenvalue weighted by Gasteiger charge is -2.24. The molecule has 7 heteroatoms. The number of nitrogens with zero attached hydrogens (tertiary/aromatic N) is 3. The molecule has 0 bridgehead atoms. The fourth-order valence-electron chi connectivity index (χ4n) is 3.03. The van der Waals surface area contributed by atoms with E-state index >= 15 is 0 Å². The van der Waals surface area contributed by atoms with Gasteiger partial charge in [-0.3, -0.25) is 14.5 Å². The van der Waals surface area contributed by atoms with Crippen molar-refractivity contribution in [3.63, 3.8) is 0 Å². The Labute approximate surface area is 151 Å². The van der Waals surface area contributed by atoms with Crippen molar-refractivity contribution < 1.29 is 9.59 Å². The highest BCUT2D eigenvalue weighted by Gasteiger charge is 2.26. The Morgan fingerprint density at radius 3 is 2.62 bits per heavy atom. The SMILES string of the molecule is O=C(CN1CSCC1=O)N1CCCN(Cc2ccc(Cl)cc2)CC1. The number of halogens is 1. The molecule has 0 atom stereocenters. The predicted molar refractivity (Wildman–Crippen MR) is 97.0 cm³/mol. The van der Waals surface area contributed by atoms with Crippen LogP contribution in [-0.2, 0) is 16.1 Å². The third kappa shape index (κ3) is 4.65. The topological polar surface area (TPSA) is 43.9 Å². The second-order valence-electron chi connectivity index (χ2n) is 6.21. The monoisotopic (exact) mass is 367 g/mol. The van der Waals surface area contributed by atoms with Gasteiger partial charge in [-0.15, -0.1) is 11.8 Å². The van der Waals surface area contributed by atoms with Crippen molar-refractivity contribution in [2.24, 2.45) is 0 Å². The van der Waals surface area contributed by atoms with Gasteiger partial charge < -0.3 is 9.80 Å². The molecular formula is C17H22ClN3O2S. The van der Waals surface area contributed by atoms with Crippen LogP contribution in [-0.4, -0.2) is 70.9 Å². The highest BCUT2D eigenvalue weighted by molar-refractivity contribution is 8.00. The van der Waals surface area contributed by atoms with Crippen LogP contribution in [0.4, 0.5) is 0 Å². The molecule has 0 aliphatic carbocycles. The lowest BCUT2D eigenvalue weighted by Crippen LogP contribution is -2.42. The second-order valence-corrected chi connectivity index (χ2v) is 7.60. The lowest BCUT2D eigenvalue weighted by molar-refractivity contribution is -0.137. The Hall–Kier alpha value is -1.24. The van der Waals surface area contributed by atoms with E-state index in [9.17, 15) is 9.59 Å². The highest BCUT2D eigenvalue weighted by atomic mass is 35.5. The Bertz CT molecular complexity index is 596.